The highest BCUT2D eigenvalue weighted by Crippen LogP contribution is 2.47. The molecule has 15 nitrogen and oxygen atoms in total. The van der Waals surface area contributed by atoms with E-state index in [0.717, 1.165) is 42.7 Å². The first kappa shape index (κ1) is 45.5. The molecule has 19 heteroatoms. The Balaban J connectivity index is 0.876. The van der Waals surface area contributed by atoms with Gasteiger partial charge in [-0.25, -0.2) is 14.4 Å². The lowest BCUT2D eigenvalue weighted by molar-refractivity contribution is -0.138. The molecule has 0 bridgehead atoms. The lowest BCUT2D eigenvalue weighted by Gasteiger charge is -2.27. The highest BCUT2D eigenvalue weighted by atomic mass is 19.4. The molecule has 5 N–H and O–H groups in total. The number of methoxy groups -OCH3 is 1. The van der Waals surface area contributed by atoms with E-state index in [4.69, 9.17) is 15.2 Å². The zero-order valence-corrected chi connectivity index (χ0v) is 35.9. The standard InChI is InChI=1S/C45H50F4N8O7/c1-24(26-17-27(45(47,48)49)19-28(50)18-26)52-40-30-20-35(34(63-4)21-32(30)53-25(2)54-40)64-23-44(14-15-44)22-56(3)37(59)9-7-5-6-8-16-51-31-11-10-29-38(39(31)46)43(62)57(42(29)61)33-12-13-36(58)55-41(33)60/h10-11,17-21,24,33,51H,5-9,12-16,22-23,50H2,1-4H3,(H,52,53,54)(H,55,58,60)/t24-,33?/m1/s1. The van der Waals surface area contributed by atoms with Crippen molar-refractivity contribution in [2.45, 2.75) is 89.9 Å². The molecule has 1 aromatic heterocycles. The Kier molecular flexibility index (Phi) is 13.0. The van der Waals surface area contributed by atoms with Crippen molar-refractivity contribution in [2.75, 3.05) is 50.2 Å². The Morgan fingerprint density at radius 1 is 1.03 bits per heavy atom. The summed E-state index contributed by atoms with van der Waals surface area (Å²) in [6, 6.07) is 7.85. The van der Waals surface area contributed by atoms with Crippen molar-refractivity contribution in [3.05, 3.63) is 76.4 Å². The molecular formula is C45H50F4N8O7. The first-order valence-electron chi connectivity index (χ1n) is 21.1. The second-order valence-corrected chi connectivity index (χ2v) is 16.8. The summed E-state index contributed by atoms with van der Waals surface area (Å²) in [6.45, 7) is 4.61. The van der Waals surface area contributed by atoms with Gasteiger partial charge in [-0.15, -0.1) is 0 Å². The van der Waals surface area contributed by atoms with Gasteiger partial charge >= 0.3 is 6.18 Å². The average molecular weight is 891 g/mol. The molecule has 7 rings (SSSR count). The van der Waals surface area contributed by atoms with E-state index in [0.29, 0.717) is 78.6 Å². The smallest absolute Gasteiger partial charge is 0.416 e. The second-order valence-electron chi connectivity index (χ2n) is 16.8. The number of aryl methyl sites for hydroxylation is 1. The zero-order chi connectivity index (χ0) is 46.1. The Morgan fingerprint density at radius 3 is 2.48 bits per heavy atom. The number of fused-ring (bicyclic) bond motifs is 2. The number of alkyl halides is 3. The van der Waals surface area contributed by atoms with Crippen LogP contribution >= 0.6 is 0 Å². The van der Waals surface area contributed by atoms with Crippen LogP contribution in [0.15, 0.2) is 42.5 Å². The van der Waals surface area contributed by atoms with Gasteiger partial charge in [0.25, 0.3) is 11.8 Å². The number of ether oxygens (including phenoxy) is 2. The molecule has 1 aliphatic carbocycles. The monoisotopic (exact) mass is 890 g/mol. The van der Waals surface area contributed by atoms with Crippen LogP contribution in [0, 0.1) is 18.2 Å². The van der Waals surface area contributed by atoms with Gasteiger partial charge in [0.15, 0.2) is 17.3 Å². The molecule has 2 atom stereocenters. The number of unbranched alkanes of at least 4 members (excludes halogenated alkanes) is 3. The van der Waals surface area contributed by atoms with E-state index < -0.39 is 58.8 Å². The molecule has 340 valence electrons. The molecule has 2 aliphatic heterocycles. The Bertz CT molecular complexity index is 2510. The molecule has 1 saturated heterocycles. The molecule has 1 unspecified atom stereocenters. The first-order valence-corrected chi connectivity index (χ1v) is 21.1. The van der Waals surface area contributed by atoms with Crippen molar-refractivity contribution in [1.82, 2.24) is 25.1 Å². The van der Waals surface area contributed by atoms with Gasteiger partial charge in [0, 0.05) is 55.5 Å². The topological polar surface area (TPSA) is 198 Å². The molecular weight excluding hydrogens is 841 g/mol. The van der Waals surface area contributed by atoms with E-state index in [2.05, 4.69) is 25.9 Å². The van der Waals surface area contributed by atoms with Crippen LogP contribution in [0.2, 0.25) is 0 Å². The second kappa shape index (κ2) is 18.3. The fraction of sp³-hybridized carbons (Fsp3) is 0.444. The van der Waals surface area contributed by atoms with E-state index in [-0.39, 0.29) is 41.1 Å². The predicted octanol–water partition coefficient (Wildman–Crippen LogP) is 6.94. The molecule has 0 spiro atoms. The van der Waals surface area contributed by atoms with Gasteiger partial charge in [-0.05, 0) is 87.9 Å². The van der Waals surface area contributed by atoms with Gasteiger partial charge in [0.2, 0.25) is 17.7 Å². The number of hydrogen-bond donors (Lipinski definition) is 4. The lowest BCUT2D eigenvalue weighted by atomic mass is 10.0. The van der Waals surface area contributed by atoms with Crippen molar-refractivity contribution in [1.29, 1.82) is 0 Å². The number of halogens is 4. The summed E-state index contributed by atoms with van der Waals surface area (Å²) >= 11 is 0. The van der Waals surface area contributed by atoms with Crippen molar-refractivity contribution in [3.8, 4) is 11.5 Å². The van der Waals surface area contributed by atoms with Gasteiger partial charge in [0.05, 0.1) is 47.7 Å². The number of nitrogens with one attached hydrogen (secondary N) is 3. The normalized spacial score (nSPS) is 17.2. The number of nitrogen functional groups attached to an aromatic ring is 1. The highest BCUT2D eigenvalue weighted by molar-refractivity contribution is 6.24. The minimum absolute atomic E-state index is 0.00153. The third-order valence-corrected chi connectivity index (χ3v) is 11.9. The number of anilines is 3. The van der Waals surface area contributed by atoms with Crippen LogP contribution in [0.3, 0.4) is 0 Å². The molecule has 64 heavy (non-hydrogen) atoms. The van der Waals surface area contributed by atoms with Crippen LogP contribution in [0.25, 0.3) is 10.9 Å². The van der Waals surface area contributed by atoms with Crippen molar-refractivity contribution >= 4 is 57.6 Å². The maximum atomic E-state index is 15.5. The number of carbonyl (C=O) groups is 5. The van der Waals surface area contributed by atoms with E-state index in [1.54, 1.807) is 37.9 Å². The maximum absolute atomic E-state index is 15.5. The van der Waals surface area contributed by atoms with Crippen LogP contribution in [0.4, 0.5) is 34.8 Å². The van der Waals surface area contributed by atoms with Gasteiger partial charge < -0.3 is 30.7 Å². The average Bonchev–Trinajstić information content (AvgIpc) is 3.96. The Labute approximate surface area is 366 Å². The molecule has 2 fully saturated rings. The maximum Gasteiger partial charge on any atom is 0.416 e. The fourth-order valence-corrected chi connectivity index (χ4v) is 8.18. The number of rotatable bonds is 18. The summed E-state index contributed by atoms with van der Waals surface area (Å²) in [5, 5.41) is 8.90. The number of aromatic nitrogens is 2. The van der Waals surface area contributed by atoms with Gasteiger partial charge in [-0.2, -0.15) is 13.2 Å². The minimum atomic E-state index is -4.56. The number of hydrogen-bond acceptors (Lipinski definition) is 12. The first-order chi connectivity index (χ1) is 30.4. The number of piperidine rings is 1. The van der Waals surface area contributed by atoms with Crippen LogP contribution in [-0.4, -0.2) is 89.2 Å². The molecule has 3 aliphatic rings. The summed E-state index contributed by atoms with van der Waals surface area (Å²) in [4.78, 5) is 74.7. The zero-order valence-electron chi connectivity index (χ0n) is 35.9. The number of carbonyl (C=O) groups excluding carboxylic acids is 5. The molecule has 0 radical (unpaired) electrons. The van der Waals surface area contributed by atoms with Crippen LogP contribution in [0.1, 0.15) is 108 Å². The summed E-state index contributed by atoms with van der Waals surface area (Å²) in [6.07, 6.45) is 0.245. The molecule has 3 heterocycles. The number of imide groups is 2. The largest absolute Gasteiger partial charge is 0.493 e. The van der Waals surface area contributed by atoms with Crippen LogP contribution in [0.5, 0.6) is 11.5 Å². The molecule has 1 saturated carbocycles. The third-order valence-electron chi connectivity index (χ3n) is 11.9. The van der Waals surface area contributed by atoms with E-state index in [9.17, 15) is 37.1 Å². The summed E-state index contributed by atoms with van der Waals surface area (Å²) in [5.74, 6) is -2.14. The molecule has 4 aromatic rings. The number of amides is 5. The van der Waals surface area contributed by atoms with Gasteiger partial charge in [-0.3, -0.25) is 34.2 Å². The highest BCUT2D eigenvalue weighted by Gasteiger charge is 2.47. The Hall–Kier alpha value is -6.53. The summed E-state index contributed by atoms with van der Waals surface area (Å²) in [5.41, 5.74) is 5.12. The van der Waals surface area contributed by atoms with Gasteiger partial charge in [-0.1, -0.05) is 12.8 Å². The number of benzene rings is 3. The summed E-state index contributed by atoms with van der Waals surface area (Å²) in [7, 11) is 3.28. The Morgan fingerprint density at radius 2 is 1.78 bits per heavy atom. The number of nitrogens with two attached hydrogens (primary N) is 1. The SMILES string of the molecule is COc1cc2nc(C)nc(N[C@H](C)c3cc(N)cc(C(F)(F)F)c3)c2cc1OCC1(CN(C)C(=O)CCCCCCNc2ccc3c(c2F)C(=O)N(C2CCC(=O)NC2=O)C3=O)CC1. The lowest BCUT2D eigenvalue weighted by Crippen LogP contribution is -2.54. The van der Waals surface area contributed by atoms with Gasteiger partial charge in [0.1, 0.15) is 17.7 Å². The third kappa shape index (κ3) is 9.82. The number of nitrogens with zero attached hydrogens (tertiary/aromatic N) is 4. The van der Waals surface area contributed by atoms with Crippen molar-refractivity contribution in [3.63, 3.8) is 0 Å². The van der Waals surface area contributed by atoms with Crippen molar-refractivity contribution in [2.24, 2.45) is 5.41 Å². The van der Waals surface area contributed by atoms with E-state index in [1.807, 2.05) is 0 Å². The van der Waals surface area contributed by atoms with Crippen LogP contribution in [-0.2, 0) is 20.6 Å². The summed E-state index contributed by atoms with van der Waals surface area (Å²) < 4.78 is 68.1. The van der Waals surface area contributed by atoms with Crippen molar-refractivity contribution < 1.29 is 51.0 Å². The van der Waals surface area contributed by atoms with Crippen LogP contribution < -0.4 is 31.2 Å². The quantitative estimate of drug-likeness (QED) is 0.0348. The van der Waals surface area contributed by atoms with E-state index >= 15 is 4.39 Å². The minimum Gasteiger partial charge on any atom is -0.493 e. The predicted molar refractivity (Wildman–Crippen MR) is 228 cm³/mol. The molecule has 3 aromatic carbocycles. The fourth-order valence-electron chi connectivity index (χ4n) is 8.18. The van der Waals surface area contributed by atoms with E-state index in [1.165, 1.54) is 25.3 Å². The molecule has 5 amide bonds.